The number of nitrogens with zero attached hydrogens (tertiary/aromatic N) is 2. The molecule has 1 amide bonds. The van der Waals surface area contributed by atoms with Crippen molar-refractivity contribution in [1.29, 1.82) is 0 Å². The van der Waals surface area contributed by atoms with Crippen LogP contribution < -0.4 is 5.32 Å². The molecule has 0 bridgehead atoms. The summed E-state index contributed by atoms with van der Waals surface area (Å²) in [5.74, 6) is 0.430. The van der Waals surface area contributed by atoms with Gasteiger partial charge in [0, 0.05) is 18.0 Å². The summed E-state index contributed by atoms with van der Waals surface area (Å²) in [4.78, 5) is 17.2. The van der Waals surface area contributed by atoms with Crippen LogP contribution >= 0.6 is 0 Å². The number of pyridine rings is 1. The second-order valence-electron chi connectivity index (χ2n) is 6.59. The minimum Gasteiger partial charge on any atom is -0.343 e. The molecule has 2 aromatic heterocycles. The highest BCUT2D eigenvalue weighted by Gasteiger charge is 2.34. The summed E-state index contributed by atoms with van der Waals surface area (Å²) in [6.07, 6.45) is 5.80. The van der Waals surface area contributed by atoms with Crippen molar-refractivity contribution in [2.45, 2.75) is 25.8 Å². The van der Waals surface area contributed by atoms with Gasteiger partial charge in [0.25, 0.3) is 5.91 Å². The molecule has 0 unspecified atom stereocenters. The average molecular weight is 332 g/mol. The zero-order chi connectivity index (χ0) is 17.2. The van der Waals surface area contributed by atoms with Crippen LogP contribution in [0.1, 0.15) is 40.5 Å². The number of amides is 1. The molecule has 0 saturated heterocycles. The maximum absolute atomic E-state index is 12.7. The second kappa shape index (κ2) is 6.51. The van der Waals surface area contributed by atoms with Crippen LogP contribution in [0, 0.1) is 12.8 Å². The topological polar surface area (TPSA) is 70.7 Å². The summed E-state index contributed by atoms with van der Waals surface area (Å²) < 4.78 is 0. The highest BCUT2D eigenvalue weighted by molar-refractivity contribution is 5.94. The van der Waals surface area contributed by atoms with E-state index in [1.165, 1.54) is 0 Å². The van der Waals surface area contributed by atoms with Crippen LogP contribution in [0.4, 0.5) is 0 Å². The summed E-state index contributed by atoms with van der Waals surface area (Å²) >= 11 is 0. The van der Waals surface area contributed by atoms with E-state index in [1.54, 1.807) is 6.20 Å². The van der Waals surface area contributed by atoms with Crippen LogP contribution in [0.3, 0.4) is 0 Å². The Morgan fingerprint density at radius 3 is 2.60 bits per heavy atom. The minimum absolute atomic E-state index is 0.0142. The van der Waals surface area contributed by atoms with Crippen LogP contribution in [-0.2, 0) is 0 Å². The second-order valence-corrected chi connectivity index (χ2v) is 6.59. The van der Waals surface area contributed by atoms with E-state index in [0.717, 1.165) is 35.4 Å². The highest BCUT2D eigenvalue weighted by Crippen LogP contribution is 2.40. The first-order valence-corrected chi connectivity index (χ1v) is 8.54. The molecule has 1 fully saturated rings. The molecule has 5 nitrogen and oxygen atoms in total. The number of hydrogen-bond donors (Lipinski definition) is 2. The van der Waals surface area contributed by atoms with Gasteiger partial charge in [-0.25, -0.2) is 0 Å². The quantitative estimate of drug-likeness (QED) is 0.749. The zero-order valence-corrected chi connectivity index (χ0v) is 14.1. The first-order chi connectivity index (χ1) is 12.2. The van der Waals surface area contributed by atoms with E-state index < -0.39 is 0 Å². The third-order valence-corrected chi connectivity index (χ3v) is 4.59. The summed E-state index contributed by atoms with van der Waals surface area (Å²) in [5.41, 5.74) is 4.71. The zero-order valence-electron chi connectivity index (χ0n) is 14.1. The van der Waals surface area contributed by atoms with Crippen molar-refractivity contribution in [3.8, 4) is 11.3 Å². The van der Waals surface area contributed by atoms with E-state index in [0.29, 0.717) is 11.5 Å². The minimum atomic E-state index is -0.0589. The van der Waals surface area contributed by atoms with Crippen molar-refractivity contribution in [3.05, 3.63) is 71.7 Å². The molecule has 1 aromatic carbocycles. The number of nitrogens with one attached hydrogen (secondary N) is 2. The monoisotopic (exact) mass is 332 g/mol. The van der Waals surface area contributed by atoms with Gasteiger partial charge in [0.15, 0.2) is 0 Å². The number of aromatic nitrogens is 3. The van der Waals surface area contributed by atoms with Gasteiger partial charge in [-0.3, -0.25) is 14.9 Å². The molecule has 0 spiro atoms. The fourth-order valence-corrected chi connectivity index (χ4v) is 3.03. The molecule has 1 saturated carbocycles. The van der Waals surface area contributed by atoms with Crippen LogP contribution in [0.5, 0.6) is 0 Å². The summed E-state index contributed by atoms with van der Waals surface area (Å²) in [5, 5.41) is 10.0. The number of aryl methyl sites for hydroxylation is 1. The van der Waals surface area contributed by atoms with Crippen LogP contribution in [-0.4, -0.2) is 21.1 Å². The molecule has 1 atom stereocenters. The predicted molar refractivity (Wildman–Crippen MR) is 95.9 cm³/mol. The van der Waals surface area contributed by atoms with Crippen molar-refractivity contribution >= 4 is 5.91 Å². The van der Waals surface area contributed by atoms with E-state index in [9.17, 15) is 4.79 Å². The van der Waals surface area contributed by atoms with E-state index in [2.05, 4.69) is 26.6 Å². The van der Waals surface area contributed by atoms with Crippen molar-refractivity contribution in [1.82, 2.24) is 20.5 Å². The lowest BCUT2D eigenvalue weighted by Crippen LogP contribution is -2.30. The number of H-pyrrole nitrogens is 1. The molecular formula is C20H20N4O. The lowest BCUT2D eigenvalue weighted by Gasteiger charge is -2.18. The van der Waals surface area contributed by atoms with E-state index >= 15 is 0 Å². The summed E-state index contributed by atoms with van der Waals surface area (Å²) in [7, 11) is 0. The van der Waals surface area contributed by atoms with Crippen molar-refractivity contribution in [2.75, 3.05) is 0 Å². The van der Waals surface area contributed by atoms with E-state index in [1.807, 2.05) is 49.5 Å². The fourth-order valence-electron chi connectivity index (χ4n) is 3.03. The molecule has 2 N–H and O–H groups in total. The maximum atomic E-state index is 12.7. The molecule has 4 rings (SSSR count). The predicted octanol–water partition coefficient (Wildman–Crippen LogP) is 3.66. The molecule has 1 aliphatic carbocycles. The maximum Gasteiger partial charge on any atom is 0.251 e. The Bertz CT molecular complexity index is 867. The number of rotatable bonds is 5. The third kappa shape index (κ3) is 3.45. The molecule has 0 radical (unpaired) electrons. The Labute approximate surface area is 146 Å². The molecule has 126 valence electrons. The van der Waals surface area contributed by atoms with Crippen LogP contribution in [0.25, 0.3) is 11.3 Å². The Morgan fingerprint density at radius 1 is 1.16 bits per heavy atom. The smallest absolute Gasteiger partial charge is 0.251 e. The Kier molecular flexibility index (Phi) is 4.06. The molecule has 3 aromatic rings. The van der Waals surface area contributed by atoms with Gasteiger partial charge >= 0.3 is 0 Å². The number of carbonyl (C=O) groups is 1. The van der Waals surface area contributed by atoms with Gasteiger partial charge in [-0.2, -0.15) is 5.10 Å². The van der Waals surface area contributed by atoms with Crippen LogP contribution in [0.15, 0.2) is 54.9 Å². The average Bonchev–Trinajstić information content (AvgIpc) is 3.32. The number of aromatic amines is 1. The Balaban J connectivity index is 1.52. The lowest BCUT2D eigenvalue weighted by molar-refractivity contribution is 0.0930. The summed E-state index contributed by atoms with van der Waals surface area (Å²) in [6, 6.07) is 13.5. The molecule has 2 heterocycles. The SMILES string of the molecule is Cc1ccnc([C@@H](NC(=O)c2ccc(-c3ccn[nH]3)cc2)C2CC2)c1. The molecular weight excluding hydrogens is 312 g/mol. The van der Waals surface area contributed by atoms with Crippen molar-refractivity contribution < 1.29 is 4.79 Å². The molecule has 1 aliphatic rings. The first kappa shape index (κ1) is 15.6. The standard InChI is InChI=1S/C20H20N4O/c1-13-8-10-21-18(12-13)19(15-4-5-15)23-20(25)16-6-2-14(3-7-16)17-9-11-22-24-17/h2-3,6-12,15,19H,4-5H2,1H3,(H,22,24)(H,23,25)/t19-/m0/s1. The van der Waals surface area contributed by atoms with Gasteiger partial charge in [-0.1, -0.05) is 12.1 Å². The molecule has 25 heavy (non-hydrogen) atoms. The molecule has 0 aliphatic heterocycles. The van der Waals surface area contributed by atoms with E-state index in [-0.39, 0.29) is 11.9 Å². The number of carbonyl (C=O) groups excluding carboxylic acids is 1. The fraction of sp³-hybridized carbons (Fsp3) is 0.250. The van der Waals surface area contributed by atoms with Crippen molar-refractivity contribution in [3.63, 3.8) is 0 Å². The van der Waals surface area contributed by atoms with Crippen LogP contribution in [0.2, 0.25) is 0 Å². The normalized spacial score (nSPS) is 14.9. The van der Waals surface area contributed by atoms with Crippen molar-refractivity contribution in [2.24, 2.45) is 5.92 Å². The molecule has 5 heteroatoms. The van der Waals surface area contributed by atoms with Gasteiger partial charge in [0.2, 0.25) is 0 Å². The van der Waals surface area contributed by atoms with Gasteiger partial charge in [0.1, 0.15) is 0 Å². The largest absolute Gasteiger partial charge is 0.343 e. The Morgan fingerprint density at radius 2 is 1.96 bits per heavy atom. The van der Waals surface area contributed by atoms with Gasteiger partial charge in [-0.15, -0.1) is 0 Å². The van der Waals surface area contributed by atoms with E-state index in [4.69, 9.17) is 0 Å². The third-order valence-electron chi connectivity index (χ3n) is 4.59. The highest BCUT2D eigenvalue weighted by atomic mass is 16.1. The van der Waals surface area contributed by atoms with Gasteiger partial charge in [0.05, 0.1) is 17.4 Å². The summed E-state index contributed by atoms with van der Waals surface area (Å²) in [6.45, 7) is 2.05. The Hall–Kier alpha value is -2.95. The first-order valence-electron chi connectivity index (χ1n) is 8.54. The van der Waals surface area contributed by atoms with Gasteiger partial charge < -0.3 is 5.32 Å². The number of benzene rings is 1. The number of hydrogen-bond acceptors (Lipinski definition) is 3. The lowest BCUT2D eigenvalue weighted by atomic mass is 10.0. The van der Waals surface area contributed by atoms with Gasteiger partial charge in [-0.05, 0) is 67.1 Å².